The molecular weight excluding hydrogens is 390 g/mol. The maximum atomic E-state index is 12.7. The van der Waals surface area contributed by atoms with Gasteiger partial charge in [0.2, 0.25) is 11.7 Å². The molecule has 3 aromatic rings. The number of amides is 1. The average molecular weight is 420 g/mol. The van der Waals surface area contributed by atoms with Gasteiger partial charge in [-0.05, 0) is 30.0 Å². The van der Waals surface area contributed by atoms with Crippen LogP contribution in [-0.2, 0) is 16.8 Å². The van der Waals surface area contributed by atoms with Gasteiger partial charge in [-0.2, -0.15) is 4.98 Å². The SMILES string of the molecule is C=CCN(Cc1nc(-c2ccc(C)cc2)no1)C(=O)COc1ccc(C(C)(C)C)cc1. The molecule has 0 aliphatic carbocycles. The molecule has 6 nitrogen and oxygen atoms in total. The Morgan fingerprint density at radius 2 is 1.81 bits per heavy atom. The van der Waals surface area contributed by atoms with E-state index < -0.39 is 0 Å². The van der Waals surface area contributed by atoms with Crippen LogP contribution in [0.5, 0.6) is 5.75 Å². The Balaban J connectivity index is 1.61. The first kappa shape index (κ1) is 22.3. The summed E-state index contributed by atoms with van der Waals surface area (Å²) in [5, 5.41) is 4.03. The number of carbonyl (C=O) groups is 1. The molecule has 0 aliphatic heterocycles. The van der Waals surface area contributed by atoms with Gasteiger partial charge in [-0.1, -0.05) is 74.0 Å². The van der Waals surface area contributed by atoms with Crippen LogP contribution >= 0.6 is 0 Å². The third-order valence-electron chi connectivity index (χ3n) is 4.89. The number of ether oxygens (including phenoxy) is 1. The normalized spacial score (nSPS) is 11.2. The summed E-state index contributed by atoms with van der Waals surface area (Å²) >= 11 is 0. The van der Waals surface area contributed by atoms with E-state index >= 15 is 0 Å². The monoisotopic (exact) mass is 419 g/mol. The van der Waals surface area contributed by atoms with Gasteiger partial charge in [0.05, 0.1) is 0 Å². The number of carbonyl (C=O) groups excluding carboxylic acids is 1. The highest BCUT2D eigenvalue weighted by molar-refractivity contribution is 5.77. The van der Waals surface area contributed by atoms with Crippen molar-refractivity contribution in [1.82, 2.24) is 15.0 Å². The lowest BCUT2D eigenvalue weighted by atomic mass is 9.87. The highest BCUT2D eigenvalue weighted by atomic mass is 16.5. The van der Waals surface area contributed by atoms with Gasteiger partial charge >= 0.3 is 0 Å². The maximum absolute atomic E-state index is 12.7. The molecule has 0 unspecified atom stereocenters. The van der Waals surface area contributed by atoms with E-state index in [0.717, 1.165) is 11.1 Å². The number of benzene rings is 2. The van der Waals surface area contributed by atoms with E-state index in [4.69, 9.17) is 9.26 Å². The number of hydrogen-bond acceptors (Lipinski definition) is 5. The maximum Gasteiger partial charge on any atom is 0.261 e. The fraction of sp³-hybridized carbons (Fsp3) is 0.320. The smallest absolute Gasteiger partial charge is 0.261 e. The molecule has 0 atom stereocenters. The first-order chi connectivity index (χ1) is 14.8. The third-order valence-corrected chi connectivity index (χ3v) is 4.89. The first-order valence-corrected chi connectivity index (χ1v) is 10.3. The second-order valence-electron chi connectivity index (χ2n) is 8.50. The minimum atomic E-state index is -0.185. The minimum absolute atomic E-state index is 0.0661. The summed E-state index contributed by atoms with van der Waals surface area (Å²) in [6.45, 7) is 12.7. The van der Waals surface area contributed by atoms with Gasteiger partial charge in [0.1, 0.15) is 12.3 Å². The molecule has 1 heterocycles. The predicted octanol–water partition coefficient (Wildman–Crippen LogP) is 4.94. The number of aryl methyl sites for hydroxylation is 1. The standard InChI is InChI=1S/C25H29N3O3/c1-6-15-28(16-22-26-24(27-31-22)19-9-7-18(2)8-10-19)23(29)17-30-21-13-11-20(12-14-21)25(3,4)5/h6-14H,1,15-17H2,2-5H3. The van der Waals surface area contributed by atoms with Crippen LogP contribution in [-0.4, -0.2) is 34.1 Å². The summed E-state index contributed by atoms with van der Waals surface area (Å²) in [4.78, 5) is 18.7. The Kier molecular flexibility index (Phi) is 6.90. The highest BCUT2D eigenvalue weighted by Gasteiger charge is 2.18. The molecule has 0 radical (unpaired) electrons. The Morgan fingerprint density at radius 3 is 2.42 bits per heavy atom. The molecule has 0 bridgehead atoms. The molecule has 162 valence electrons. The first-order valence-electron chi connectivity index (χ1n) is 10.3. The van der Waals surface area contributed by atoms with Crippen LogP contribution in [0, 0.1) is 6.92 Å². The van der Waals surface area contributed by atoms with E-state index in [9.17, 15) is 4.79 Å². The van der Waals surface area contributed by atoms with E-state index in [-0.39, 0.29) is 24.5 Å². The highest BCUT2D eigenvalue weighted by Crippen LogP contribution is 2.24. The van der Waals surface area contributed by atoms with E-state index in [1.165, 1.54) is 5.56 Å². The fourth-order valence-corrected chi connectivity index (χ4v) is 3.00. The molecule has 0 N–H and O–H groups in total. The zero-order chi connectivity index (χ0) is 22.4. The van der Waals surface area contributed by atoms with E-state index in [1.807, 2.05) is 55.5 Å². The number of rotatable bonds is 8. The largest absolute Gasteiger partial charge is 0.484 e. The van der Waals surface area contributed by atoms with Crippen LogP contribution in [0.1, 0.15) is 37.8 Å². The van der Waals surface area contributed by atoms with Gasteiger partial charge in [0.25, 0.3) is 5.91 Å². The molecule has 31 heavy (non-hydrogen) atoms. The summed E-state index contributed by atoms with van der Waals surface area (Å²) in [5.41, 5.74) is 3.30. The molecule has 2 aromatic carbocycles. The van der Waals surface area contributed by atoms with E-state index in [0.29, 0.717) is 24.0 Å². The molecule has 0 aliphatic rings. The van der Waals surface area contributed by atoms with Crippen molar-refractivity contribution in [3.05, 3.63) is 78.2 Å². The van der Waals surface area contributed by atoms with Gasteiger partial charge in [-0.15, -0.1) is 6.58 Å². The summed E-state index contributed by atoms with van der Waals surface area (Å²) in [7, 11) is 0. The quantitative estimate of drug-likeness (QED) is 0.484. The predicted molar refractivity (Wildman–Crippen MR) is 121 cm³/mol. The molecule has 0 saturated carbocycles. The Hall–Kier alpha value is -3.41. The van der Waals surface area contributed by atoms with Crippen LogP contribution < -0.4 is 4.74 Å². The molecule has 0 fully saturated rings. The summed E-state index contributed by atoms with van der Waals surface area (Å²) in [6.07, 6.45) is 1.66. The van der Waals surface area contributed by atoms with Gasteiger partial charge < -0.3 is 14.2 Å². The molecule has 0 spiro atoms. The third kappa shape index (κ3) is 6.04. The Morgan fingerprint density at radius 1 is 1.13 bits per heavy atom. The molecule has 6 heteroatoms. The molecule has 1 amide bonds. The topological polar surface area (TPSA) is 68.5 Å². The van der Waals surface area contributed by atoms with Crippen molar-refractivity contribution in [2.45, 2.75) is 39.7 Å². The van der Waals surface area contributed by atoms with Crippen LogP contribution in [0.4, 0.5) is 0 Å². The summed E-state index contributed by atoms with van der Waals surface area (Å²) in [6, 6.07) is 15.7. The zero-order valence-electron chi connectivity index (χ0n) is 18.6. The molecule has 3 rings (SSSR count). The van der Waals surface area contributed by atoms with Crippen molar-refractivity contribution >= 4 is 5.91 Å². The Labute approximate surface area is 183 Å². The number of nitrogens with zero attached hydrogens (tertiary/aromatic N) is 3. The van der Waals surface area contributed by atoms with Crippen molar-refractivity contribution in [3.8, 4) is 17.1 Å². The second kappa shape index (κ2) is 9.60. The molecule has 1 aromatic heterocycles. The zero-order valence-corrected chi connectivity index (χ0v) is 18.6. The van der Waals surface area contributed by atoms with E-state index in [2.05, 4.69) is 37.5 Å². The second-order valence-corrected chi connectivity index (χ2v) is 8.50. The lowest BCUT2D eigenvalue weighted by Gasteiger charge is -2.20. The van der Waals surface area contributed by atoms with Gasteiger partial charge in [0.15, 0.2) is 6.61 Å². The Bertz CT molecular complexity index is 1020. The van der Waals surface area contributed by atoms with Crippen LogP contribution in [0.25, 0.3) is 11.4 Å². The molecular formula is C25H29N3O3. The number of aromatic nitrogens is 2. The lowest BCUT2D eigenvalue weighted by molar-refractivity contribution is -0.133. The minimum Gasteiger partial charge on any atom is -0.484 e. The van der Waals surface area contributed by atoms with Crippen LogP contribution in [0.3, 0.4) is 0 Å². The van der Waals surface area contributed by atoms with Gasteiger partial charge in [0, 0.05) is 12.1 Å². The summed E-state index contributed by atoms with van der Waals surface area (Å²) < 4.78 is 11.0. The number of hydrogen-bond donors (Lipinski definition) is 0. The molecule has 0 saturated heterocycles. The van der Waals surface area contributed by atoms with Crippen molar-refractivity contribution in [3.63, 3.8) is 0 Å². The van der Waals surface area contributed by atoms with Crippen LogP contribution in [0.2, 0.25) is 0 Å². The van der Waals surface area contributed by atoms with Gasteiger partial charge in [-0.25, -0.2) is 0 Å². The van der Waals surface area contributed by atoms with Crippen molar-refractivity contribution < 1.29 is 14.1 Å². The van der Waals surface area contributed by atoms with Crippen LogP contribution in [0.15, 0.2) is 65.7 Å². The average Bonchev–Trinajstić information content (AvgIpc) is 3.20. The van der Waals surface area contributed by atoms with Crippen molar-refractivity contribution in [2.24, 2.45) is 0 Å². The van der Waals surface area contributed by atoms with Crippen molar-refractivity contribution in [1.29, 1.82) is 0 Å². The summed E-state index contributed by atoms with van der Waals surface area (Å²) in [5.74, 6) is 1.32. The fourth-order valence-electron chi connectivity index (χ4n) is 3.00. The van der Waals surface area contributed by atoms with Gasteiger partial charge in [-0.3, -0.25) is 4.79 Å². The van der Waals surface area contributed by atoms with E-state index in [1.54, 1.807) is 11.0 Å². The lowest BCUT2D eigenvalue weighted by Crippen LogP contribution is -2.34. The van der Waals surface area contributed by atoms with Crippen molar-refractivity contribution in [2.75, 3.05) is 13.2 Å².